The Morgan fingerprint density at radius 1 is 1.22 bits per heavy atom. The summed E-state index contributed by atoms with van der Waals surface area (Å²) in [5, 5.41) is 9.67. The van der Waals surface area contributed by atoms with E-state index in [1.54, 1.807) is 7.05 Å². The highest BCUT2D eigenvalue weighted by Crippen LogP contribution is 2.45. The number of carbonyl (C=O) groups is 1. The van der Waals surface area contributed by atoms with Crippen LogP contribution in [0.2, 0.25) is 0 Å². The molecule has 1 fully saturated rings. The minimum Gasteiger partial charge on any atom is -0.356 e. The topological polar surface area (TPSA) is 65.5 Å². The maximum absolute atomic E-state index is 11.8. The van der Waals surface area contributed by atoms with E-state index in [0.717, 1.165) is 24.8 Å². The first-order valence-electron chi connectivity index (χ1n) is 9.14. The second kappa shape index (κ2) is 9.78. The Labute approximate surface area is 142 Å². The van der Waals surface area contributed by atoms with E-state index in [9.17, 15) is 4.79 Å². The van der Waals surface area contributed by atoms with E-state index < -0.39 is 0 Å². The summed E-state index contributed by atoms with van der Waals surface area (Å²) in [5.41, 5.74) is 0.444. The summed E-state index contributed by atoms with van der Waals surface area (Å²) >= 11 is 0. The molecule has 1 rings (SSSR count). The summed E-state index contributed by atoms with van der Waals surface area (Å²) in [6.45, 7) is 10.3. The molecule has 0 aromatic heterocycles. The number of nitrogens with zero attached hydrogens (tertiary/aromatic N) is 1. The van der Waals surface area contributed by atoms with Gasteiger partial charge in [0.05, 0.1) is 0 Å². The van der Waals surface area contributed by atoms with Crippen LogP contribution in [0, 0.1) is 11.3 Å². The zero-order valence-electron chi connectivity index (χ0n) is 15.7. The summed E-state index contributed by atoms with van der Waals surface area (Å²) < 4.78 is 0. The van der Waals surface area contributed by atoms with Crippen molar-refractivity contribution >= 4 is 11.9 Å². The first kappa shape index (κ1) is 19.8. The maximum atomic E-state index is 11.8. The Morgan fingerprint density at radius 3 is 2.39 bits per heavy atom. The molecule has 1 aliphatic carbocycles. The summed E-state index contributed by atoms with van der Waals surface area (Å²) in [6, 6.07) is 0.245. The number of carbonyl (C=O) groups excluding carboxylic acids is 1. The van der Waals surface area contributed by atoms with Crippen molar-refractivity contribution in [1.82, 2.24) is 16.0 Å². The fourth-order valence-electron chi connectivity index (χ4n) is 3.23. The van der Waals surface area contributed by atoms with Crippen LogP contribution in [0.3, 0.4) is 0 Å². The molecule has 23 heavy (non-hydrogen) atoms. The van der Waals surface area contributed by atoms with Crippen molar-refractivity contribution in [3.8, 4) is 0 Å². The molecular weight excluding hydrogens is 288 g/mol. The van der Waals surface area contributed by atoms with Crippen LogP contribution in [-0.4, -0.2) is 38.0 Å². The highest BCUT2D eigenvalue weighted by molar-refractivity contribution is 5.81. The maximum Gasteiger partial charge on any atom is 0.221 e. The quantitative estimate of drug-likeness (QED) is 0.451. The Balaban J connectivity index is 2.28. The van der Waals surface area contributed by atoms with E-state index in [2.05, 4.69) is 41.7 Å². The van der Waals surface area contributed by atoms with Crippen molar-refractivity contribution in [2.75, 3.05) is 20.1 Å². The molecule has 0 spiro atoms. The van der Waals surface area contributed by atoms with E-state index in [-0.39, 0.29) is 11.9 Å². The van der Waals surface area contributed by atoms with E-state index >= 15 is 0 Å². The van der Waals surface area contributed by atoms with Crippen molar-refractivity contribution in [2.24, 2.45) is 16.3 Å². The highest BCUT2D eigenvalue weighted by Gasteiger charge is 2.37. The zero-order valence-corrected chi connectivity index (χ0v) is 15.7. The number of rotatable bonds is 9. The molecule has 5 heteroatoms. The van der Waals surface area contributed by atoms with Crippen LogP contribution in [0.1, 0.15) is 66.2 Å². The first-order chi connectivity index (χ1) is 10.9. The Bertz CT molecular complexity index is 388. The standard InChI is InChI=1S/C18H36N4O/c1-6-15(4)22-16(23)8-11-20-17(19-5)21-13-18(9-7-10-18)12-14(2)3/h14-15H,6-13H2,1-5H3,(H,22,23)(H2,19,20,21). The first-order valence-corrected chi connectivity index (χ1v) is 9.14. The molecule has 0 saturated heterocycles. The van der Waals surface area contributed by atoms with Gasteiger partial charge in [-0.15, -0.1) is 0 Å². The molecule has 1 atom stereocenters. The molecule has 1 aliphatic rings. The van der Waals surface area contributed by atoms with E-state index in [1.807, 2.05) is 6.92 Å². The van der Waals surface area contributed by atoms with Gasteiger partial charge in [0.25, 0.3) is 0 Å². The largest absolute Gasteiger partial charge is 0.356 e. The molecule has 5 nitrogen and oxygen atoms in total. The van der Waals surface area contributed by atoms with E-state index in [0.29, 0.717) is 18.4 Å². The van der Waals surface area contributed by atoms with Crippen molar-refractivity contribution < 1.29 is 4.79 Å². The van der Waals surface area contributed by atoms with Gasteiger partial charge in [-0.05, 0) is 43.9 Å². The molecule has 0 heterocycles. The normalized spacial score (nSPS) is 18.3. The van der Waals surface area contributed by atoms with Crippen LogP contribution >= 0.6 is 0 Å². The van der Waals surface area contributed by atoms with Crippen molar-refractivity contribution in [3.63, 3.8) is 0 Å². The van der Waals surface area contributed by atoms with Crippen molar-refractivity contribution in [2.45, 2.75) is 72.3 Å². The van der Waals surface area contributed by atoms with E-state index in [4.69, 9.17) is 0 Å². The van der Waals surface area contributed by atoms with Crippen LogP contribution in [0.5, 0.6) is 0 Å². The molecule has 0 radical (unpaired) electrons. The smallest absolute Gasteiger partial charge is 0.221 e. The van der Waals surface area contributed by atoms with Crippen molar-refractivity contribution in [3.05, 3.63) is 0 Å². The van der Waals surface area contributed by atoms with Gasteiger partial charge in [0, 0.05) is 32.6 Å². The fraction of sp³-hybridized carbons (Fsp3) is 0.889. The minimum atomic E-state index is 0.0950. The molecule has 1 saturated carbocycles. The van der Waals surface area contributed by atoms with Crippen LogP contribution in [-0.2, 0) is 4.79 Å². The SMILES string of the molecule is CCC(C)NC(=O)CCNC(=NC)NCC1(CC(C)C)CCC1. The molecule has 0 aromatic rings. The van der Waals surface area contributed by atoms with Gasteiger partial charge in [-0.1, -0.05) is 27.2 Å². The average molecular weight is 325 g/mol. The monoisotopic (exact) mass is 324 g/mol. The summed E-state index contributed by atoms with van der Waals surface area (Å²) in [4.78, 5) is 16.0. The van der Waals surface area contributed by atoms with Gasteiger partial charge < -0.3 is 16.0 Å². The summed E-state index contributed by atoms with van der Waals surface area (Å²) in [7, 11) is 1.78. The summed E-state index contributed by atoms with van der Waals surface area (Å²) in [5.74, 6) is 1.63. The van der Waals surface area contributed by atoms with E-state index in [1.165, 1.54) is 25.7 Å². The second-order valence-corrected chi connectivity index (χ2v) is 7.43. The average Bonchev–Trinajstić information content (AvgIpc) is 2.46. The molecule has 0 aromatic carbocycles. The lowest BCUT2D eigenvalue weighted by atomic mass is 9.64. The third-order valence-corrected chi connectivity index (χ3v) is 4.77. The lowest BCUT2D eigenvalue weighted by Crippen LogP contribution is -2.47. The number of amides is 1. The number of hydrogen-bond acceptors (Lipinski definition) is 2. The van der Waals surface area contributed by atoms with Crippen molar-refractivity contribution in [1.29, 1.82) is 0 Å². The lowest BCUT2D eigenvalue weighted by molar-refractivity contribution is -0.121. The van der Waals surface area contributed by atoms with Gasteiger partial charge in [0.1, 0.15) is 0 Å². The van der Waals surface area contributed by atoms with Gasteiger partial charge in [-0.25, -0.2) is 0 Å². The minimum absolute atomic E-state index is 0.0950. The Morgan fingerprint density at radius 2 is 1.91 bits per heavy atom. The molecule has 1 amide bonds. The lowest BCUT2D eigenvalue weighted by Gasteiger charge is -2.43. The fourth-order valence-corrected chi connectivity index (χ4v) is 3.23. The molecule has 134 valence electrons. The number of guanidine groups is 1. The highest BCUT2D eigenvalue weighted by atomic mass is 16.1. The van der Waals surface area contributed by atoms with Crippen LogP contribution < -0.4 is 16.0 Å². The van der Waals surface area contributed by atoms with Gasteiger partial charge >= 0.3 is 0 Å². The van der Waals surface area contributed by atoms with Gasteiger partial charge in [0.2, 0.25) is 5.91 Å². The molecule has 0 aliphatic heterocycles. The molecular formula is C18H36N4O. The number of nitrogens with one attached hydrogen (secondary N) is 3. The third-order valence-electron chi connectivity index (χ3n) is 4.77. The Kier molecular flexibility index (Phi) is 8.42. The van der Waals surface area contributed by atoms with Crippen LogP contribution in [0.4, 0.5) is 0 Å². The summed E-state index contributed by atoms with van der Waals surface area (Å²) in [6.07, 6.45) is 6.67. The van der Waals surface area contributed by atoms with Crippen LogP contribution in [0.15, 0.2) is 4.99 Å². The number of aliphatic imine (C=N–C) groups is 1. The van der Waals surface area contributed by atoms with Gasteiger partial charge in [-0.2, -0.15) is 0 Å². The second-order valence-electron chi connectivity index (χ2n) is 7.43. The molecule has 3 N–H and O–H groups in total. The molecule has 1 unspecified atom stereocenters. The zero-order chi connectivity index (χ0) is 17.3. The predicted octanol–water partition coefficient (Wildman–Crippen LogP) is 2.67. The Hall–Kier alpha value is -1.26. The molecule has 0 bridgehead atoms. The number of hydrogen-bond donors (Lipinski definition) is 3. The van der Waals surface area contributed by atoms with Crippen LogP contribution in [0.25, 0.3) is 0 Å². The predicted molar refractivity (Wildman–Crippen MR) is 97.6 cm³/mol. The van der Waals surface area contributed by atoms with Gasteiger partial charge in [0.15, 0.2) is 5.96 Å². The van der Waals surface area contributed by atoms with Gasteiger partial charge in [-0.3, -0.25) is 9.79 Å². The third kappa shape index (κ3) is 7.23.